The molecule has 1 unspecified atom stereocenters. The fraction of sp³-hybridized carbons (Fsp3) is 0.571. The van der Waals surface area contributed by atoms with Crippen molar-refractivity contribution in [1.82, 2.24) is 0 Å². The zero-order valence-electron chi connectivity index (χ0n) is 11.0. The molecule has 0 fully saturated rings. The highest BCUT2D eigenvalue weighted by Crippen LogP contribution is 2.39. The molecular formula is C14H19ClO4. The Morgan fingerprint density at radius 1 is 1.37 bits per heavy atom. The fourth-order valence-corrected chi connectivity index (χ4v) is 2.15. The molecular weight excluding hydrogens is 268 g/mol. The summed E-state index contributed by atoms with van der Waals surface area (Å²) in [6, 6.07) is 3.47. The van der Waals surface area contributed by atoms with Gasteiger partial charge in [-0.05, 0) is 24.1 Å². The van der Waals surface area contributed by atoms with E-state index in [1.54, 1.807) is 12.1 Å². The minimum atomic E-state index is -0.707. The van der Waals surface area contributed by atoms with Gasteiger partial charge in [-0.2, -0.15) is 0 Å². The molecule has 0 aromatic heterocycles. The first-order chi connectivity index (χ1) is 9.22. The monoisotopic (exact) mass is 286 g/mol. The van der Waals surface area contributed by atoms with Gasteiger partial charge in [0.2, 0.25) is 0 Å². The minimum Gasteiger partial charge on any atom is -0.489 e. The molecule has 1 atom stereocenters. The third kappa shape index (κ3) is 3.75. The van der Waals surface area contributed by atoms with E-state index in [4.69, 9.17) is 25.8 Å². The van der Waals surface area contributed by atoms with E-state index in [1.165, 1.54) is 0 Å². The third-order valence-electron chi connectivity index (χ3n) is 2.83. The summed E-state index contributed by atoms with van der Waals surface area (Å²) in [4.78, 5) is 0. The molecule has 1 aromatic carbocycles. The molecule has 1 heterocycles. The molecule has 1 N–H and O–H groups in total. The molecule has 4 nitrogen and oxygen atoms in total. The lowest BCUT2D eigenvalue weighted by molar-refractivity contribution is 0.0362. The Morgan fingerprint density at radius 2 is 2.16 bits per heavy atom. The zero-order chi connectivity index (χ0) is 13.7. The molecule has 1 aliphatic rings. The van der Waals surface area contributed by atoms with E-state index in [0.717, 1.165) is 12.8 Å². The predicted octanol–water partition coefficient (Wildman–Crippen LogP) is 2.96. The first kappa shape index (κ1) is 14.4. The average molecular weight is 287 g/mol. The Bertz CT molecular complexity index is 422. The van der Waals surface area contributed by atoms with Crippen LogP contribution in [0.2, 0.25) is 5.02 Å². The van der Waals surface area contributed by atoms with Crippen molar-refractivity contribution in [2.24, 2.45) is 0 Å². The summed E-state index contributed by atoms with van der Waals surface area (Å²) < 4.78 is 16.5. The topological polar surface area (TPSA) is 47.9 Å². The second kappa shape index (κ2) is 6.98. The molecule has 2 rings (SSSR count). The van der Waals surface area contributed by atoms with Crippen molar-refractivity contribution < 1.29 is 19.3 Å². The van der Waals surface area contributed by atoms with Crippen LogP contribution >= 0.6 is 11.6 Å². The van der Waals surface area contributed by atoms with Crippen LogP contribution in [-0.2, 0) is 4.74 Å². The Labute approximate surface area is 118 Å². The SMILES string of the molecule is CCCOCC(O)c1cc(Cl)c2c(c1)OCCCO2. The number of hydrogen-bond donors (Lipinski definition) is 1. The van der Waals surface area contributed by atoms with E-state index in [-0.39, 0.29) is 6.61 Å². The summed E-state index contributed by atoms with van der Waals surface area (Å²) >= 11 is 6.17. The molecule has 0 spiro atoms. The van der Waals surface area contributed by atoms with E-state index in [9.17, 15) is 5.11 Å². The van der Waals surface area contributed by atoms with Gasteiger partial charge in [0.15, 0.2) is 11.5 Å². The fourth-order valence-electron chi connectivity index (χ4n) is 1.88. The van der Waals surface area contributed by atoms with Gasteiger partial charge in [-0.25, -0.2) is 0 Å². The van der Waals surface area contributed by atoms with Gasteiger partial charge in [-0.1, -0.05) is 18.5 Å². The van der Waals surface area contributed by atoms with Gasteiger partial charge in [0, 0.05) is 13.0 Å². The molecule has 0 bridgehead atoms. The summed E-state index contributed by atoms with van der Waals surface area (Å²) in [7, 11) is 0. The van der Waals surface area contributed by atoms with Gasteiger partial charge in [0.1, 0.15) is 6.10 Å². The van der Waals surface area contributed by atoms with Gasteiger partial charge >= 0.3 is 0 Å². The summed E-state index contributed by atoms with van der Waals surface area (Å²) in [5, 5.41) is 10.5. The molecule has 5 heteroatoms. The van der Waals surface area contributed by atoms with Crippen molar-refractivity contribution in [2.45, 2.75) is 25.9 Å². The van der Waals surface area contributed by atoms with Gasteiger partial charge in [-0.3, -0.25) is 0 Å². The second-order valence-electron chi connectivity index (χ2n) is 4.47. The molecule has 0 saturated heterocycles. The number of hydrogen-bond acceptors (Lipinski definition) is 4. The van der Waals surface area contributed by atoms with Crippen LogP contribution < -0.4 is 9.47 Å². The molecule has 1 aromatic rings. The summed E-state index contributed by atoms with van der Waals surface area (Å²) in [6.45, 7) is 4.10. The van der Waals surface area contributed by atoms with Crippen molar-refractivity contribution in [3.05, 3.63) is 22.7 Å². The predicted molar refractivity (Wildman–Crippen MR) is 73.1 cm³/mol. The second-order valence-corrected chi connectivity index (χ2v) is 4.88. The van der Waals surface area contributed by atoms with Crippen molar-refractivity contribution in [1.29, 1.82) is 0 Å². The van der Waals surface area contributed by atoms with Gasteiger partial charge in [0.05, 0.1) is 24.8 Å². The number of rotatable bonds is 5. The van der Waals surface area contributed by atoms with E-state index in [1.807, 2.05) is 6.92 Å². The molecule has 19 heavy (non-hydrogen) atoms. The maximum absolute atomic E-state index is 10.1. The highest BCUT2D eigenvalue weighted by atomic mass is 35.5. The molecule has 0 radical (unpaired) electrons. The smallest absolute Gasteiger partial charge is 0.179 e. The highest BCUT2D eigenvalue weighted by Gasteiger charge is 2.18. The van der Waals surface area contributed by atoms with Crippen molar-refractivity contribution in [3.8, 4) is 11.5 Å². The Hall–Kier alpha value is -0.970. The molecule has 0 amide bonds. The minimum absolute atomic E-state index is 0.254. The van der Waals surface area contributed by atoms with Gasteiger partial charge in [0.25, 0.3) is 0 Å². The number of fused-ring (bicyclic) bond motifs is 1. The molecule has 106 valence electrons. The van der Waals surface area contributed by atoms with Crippen LogP contribution in [0.4, 0.5) is 0 Å². The van der Waals surface area contributed by atoms with Gasteiger partial charge in [-0.15, -0.1) is 0 Å². The van der Waals surface area contributed by atoms with E-state index in [2.05, 4.69) is 0 Å². The van der Waals surface area contributed by atoms with Crippen molar-refractivity contribution in [3.63, 3.8) is 0 Å². The van der Waals surface area contributed by atoms with Crippen LogP contribution in [0.3, 0.4) is 0 Å². The largest absolute Gasteiger partial charge is 0.489 e. The quantitative estimate of drug-likeness (QED) is 0.846. The molecule has 0 saturated carbocycles. The maximum atomic E-state index is 10.1. The Balaban J connectivity index is 2.13. The summed E-state index contributed by atoms with van der Waals surface area (Å²) in [6.07, 6.45) is 1.04. The van der Waals surface area contributed by atoms with Crippen molar-refractivity contribution in [2.75, 3.05) is 26.4 Å². The highest BCUT2D eigenvalue weighted by molar-refractivity contribution is 6.32. The third-order valence-corrected chi connectivity index (χ3v) is 3.11. The van der Waals surface area contributed by atoms with Crippen LogP contribution in [-0.4, -0.2) is 31.5 Å². The van der Waals surface area contributed by atoms with Crippen molar-refractivity contribution >= 4 is 11.6 Å². The number of halogens is 1. The number of ether oxygens (including phenoxy) is 3. The lowest BCUT2D eigenvalue weighted by atomic mass is 10.1. The normalized spacial score (nSPS) is 15.9. The summed E-state index contributed by atoms with van der Waals surface area (Å²) in [5.41, 5.74) is 0.686. The number of benzene rings is 1. The standard InChI is InChI=1S/C14H19ClO4/c1-2-4-17-9-12(16)10-7-11(15)14-13(8-10)18-5-3-6-19-14/h7-8,12,16H,2-6,9H2,1H3. The maximum Gasteiger partial charge on any atom is 0.179 e. The van der Waals surface area contributed by atoms with Gasteiger partial charge < -0.3 is 19.3 Å². The van der Waals surface area contributed by atoms with E-state index < -0.39 is 6.10 Å². The van der Waals surface area contributed by atoms with Crippen LogP contribution in [0.1, 0.15) is 31.4 Å². The van der Waals surface area contributed by atoms with Crippen LogP contribution in [0.15, 0.2) is 12.1 Å². The van der Waals surface area contributed by atoms with E-state index in [0.29, 0.717) is 41.9 Å². The first-order valence-electron chi connectivity index (χ1n) is 6.57. The molecule has 0 aliphatic carbocycles. The first-order valence-corrected chi connectivity index (χ1v) is 6.95. The average Bonchev–Trinajstić information content (AvgIpc) is 2.64. The zero-order valence-corrected chi connectivity index (χ0v) is 11.8. The van der Waals surface area contributed by atoms with Crippen LogP contribution in [0.25, 0.3) is 0 Å². The Kier molecular flexibility index (Phi) is 5.31. The van der Waals surface area contributed by atoms with E-state index >= 15 is 0 Å². The van der Waals surface area contributed by atoms with Crippen LogP contribution in [0, 0.1) is 0 Å². The lowest BCUT2D eigenvalue weighted by Crippen LogP contribution is -2.08. The Morgan fingerprint density at radius 3 is 2.95 bits per heavy atom. The number of aliphatic hydroxyl groups is 1. The van der Waals surface area contributed by atoms with Crippen LogP contribution in [0.5, 0.6) is 11.5 Å². The summed E-state index contributed by atoms with van der Waals surface area (Å²) in [5.74, 6) is 1.15. The molecule has 1 aliphatic heterocycles. The lowest BCUT2D eigenvalue weighted by Gasteiger charge is -2.15. The number of aliphatic hydroxyl groups excluding tert-OH is 1.